The van der Waals surface area contributed by atoms with E-state index >= 15 is 0 Å². The van der Waals surface area contributed by atoms with Crippen LogP contribution in [0.3, 0.4) is 0 Å². The second kappa shape index (κ2) is 5.54. The second-order valence-corrected chi connectivity index (χ2v) is 6.85. The van der Waals surface area contributed by atoms with E-state index in [1.807, 2.05) is 30.3 Å². The number of anilines is 1. The molecule has 4 rings (SSSR count). The lowest BCUT2D eigenvalue weighted by Gasteiger charge is -2.06. The van der Waals surface area contributed by atoms with Gasteiger partial charge in [-0.2, -0.15) is 0 Å². The number of benzene rings is 1. The van der Waals surface area contributed by atoms with Crippen molar-refractivity contribution in [2.24, 2.45) is 5.73 Å². The zero-order valence-electron chi connectivity index (χ0n) is 13.1. The van der Waals surface area contributed by atoms with E-state index < -0.39 is 5.54 Å². The maximum absolute atomic E-state index is 12.2. The first-order valence-corrected chi connectivity index (χ1v) is 8.42. The van der Waals surface area contributed by atoms with Crippen molar-refractivity contribution in [2.45, 2.75) is 18.4 Å². The average Bonchev–Trinajstić information content (AvgIpc) is 3.22. The van der Waals surface area contributed by atoms with Crippen molar-refractivity contribution in [3.05, 3.63) is 36.5 Å². The van der Waals surface area contributed by atoms with Gasteiger partial charge in [0.05, 0.1) is 17.3 Å². The van der Waals surface area contributed by atoms with Crippen LogP contribution in [0.25, 0.3) is 21.3 Å². The summed E-state index contributed by atoms with van der Waals surface area (Å²) >= 11 is 1.40. The molecule has 7 heteroatoms. The number of hydrogen-bond acceptors (Lipinski definition) is 6. The van der Waals surface area contributed by atoms with Crippen molar-refractivity contribution >= 4 is 32.6 Å². The van der Waals surface area contributed by atoms with E-state index in [0.29, 0.717) is 29.4 Å². The first-order valence-electron chi connectivity index (χ1n) is 7.60. The predicted molar refractivity (Wildman–Crippen MR) is 94.2 cm³/mol. The Morgan fingerprint density at radius 1 is 1.33 bits per heavy atom. The van der Waals surface area contributed by atoms with Gasteiger partial charge in [-0.3, -0.25) is 4.79 Å². The van der Waals surface area contributed by atoms with Crippen molar-refractivity contribution in [3.63, 3.8) is 0 Å². The van der Waals surface area contributed by atoms with Crippen LogP contribution in [0.1, 0.15) is 12.8 Å². The van der Waals surface area contributed by atoms with Gasteiger partial charge in [-0.1, -0.05) is 41.7 Å². The summed E-state index contributed by atoms with van der Waals surface area (Å²) in [4.78, 5) is 21.0. The van der Waals surface area contributed by atoms with Gasteiger partial charge < -0.3 is 15.8 Å². The molecule has 1 fully saturated rings. The number of nitrogens with zero attached hydrogens (tertiary/aromatic N) is 2. The molecule has 0 saturated heterocycles. The quantitative estimate of drug-likeness (QED) is 0.762. The van der Waals surface area contributed by atoms with Gasteiger partial charge in [-0.25, -0.2) is 9.97 Å². The van der Waals surface area contributed by atoms with Gasteiger partial charge in [-0.15, -0.1) is 0 Å². The van der Waals surface area contributed by atoms with Crippen LogP contribution < -0.4 is 15.8 Å². The Balaban J connectivity index is 1.80. The third-order valence-electron chi connectivity index (χ3n) is 4.12. The number of thiazole rings is 1. The van der Waals surface area contributed by atoms with Crippen LogP contribution >= 0.6 is 11.3 Å². The number of carbonyl (C=O) groups excluding carboxylic acids is 1. The highest BCUT2D eigenvalue weighted by Crippen LogP contribution is 2.39. The molecule has 1 aliphatic rings. The smallest absolute Gasteiger partial charge is 0.246 e. The van der Waals surface area contributed by atoms with E-state index in [2.05, 4.69) is 15.3 Å². The molecule has 0 unspecified atom stereocenters. The summed E-state index contributed by atoms with van der Waals surface area (Å²) in [6, 6.07) is 9.94. The summed E-state index contributed by atoms with van der Waals surface area (Å²) in [5, 5.41) is 3.33. The minimum Gasteiger partial charge on any atom is -0.479 e. The van der Waals surface area contributed by atoms with Crippen LogP contribution in [0.15, 0.2) is 36.5 Å². The molecule has 2 aromatic heterocycles. The number of carbonyl (C=O) groups is 1. The Hall–Kier alpha value is -2.51. The van der Waals surface area contributed by atoms with Crippen LogP contribution in [0.4, 0.5) is 5.13 Å². The van der Waals surface area contributed by atoms with Gasteiger partial charge in [0.2, 0.25) is 11.8 Å². The number of amides is 1. The molecule has 1 amide bonds. The summed E-state index contributed by atoms with van der Waals surface area (Å²) in [6.45, 7) is 0. The topological polar surface area (TPSA) is 90.1 Å². The van der Waals surface area contributed by atoms with Gasteiger partial charge in [0.15, 0.2) is 5.13 Å². The molecule has 1 saturated carbocycles. The van der Waals surface area contributed by atoms with Gasteiger partial charge in [0, 0.05) is 11.8 Å². The normalized spacial score (nSPS) is 15.2. The van der Waals surface area contributed by atoms with E-state index in [9.17, 15) is 4.79 Å². The van der Waals surface area contributed by atoms with Crippen molar-refractivity contribution in [1.82, 2.24) is 9.97 Å². The molecule has 0 bridgehead atoms. The molecule has 3 N–H and O–H groups in total. The van der Waals surface area contributed by atoms with E-state index in [0.717, 1.165) is 15.8 Å². The third-order valence-corrected chi connectivity index (χ3v) is 5.13. The molecule has 2 heterocycles. The standard InChI is InChI=1S/C17H16N4O2S/c1-23-14-12-13(11(9-19-14)10-5-3-2-4-6-10)24-16(20-12)21-15(22)17(18)7-8-17/h2-6,9H,7-8,18H2,1H3,(H,20,21,22). The highest BCUT2D eigenvalue weighted by molar-refractivity contribution is 7.23. The number of ether oxygens (including phenoxy) is 1. The van der Waals surface area contributed by atoms with Gasteiger partial charge in [0.25, 0.3) is 0 Å². The van der Waals surface area contributed by atoms with Crippen molar-refractivity contribution in [2.75, 3.05) is 12.4 Å². The van der Waals surface area contributed by atoms with Crippen molar-refractivity contribution < 1.29 is 9.53 Å². The largest absolute Gasteiger partial charge is 0.479 e. The molecule has 0 radical (unpaired) electrons. The maximum Gasteiger partial charge on any atom is 0.246 e. The Bertz CT molecular complexity index is 919. The lowest BCUT2D eigenvalue weighted by molar-refractivity contribution is -0.118. The number of nitrogens with one attached hydrogen (secondary N) is 1. The molecule has 24 heavy (non-hydrogen) atoms. The van der Waals surface area contributed by atoms with Crippen LogP contribution in [-0.2, 0) is 4.79 Å². The number of fused-ring (bicyclic) bond motifs is 1. The molecular formula is C17H16N4O2S. The molecule has 0 spiro atoms. The summed E-state index contributed by atoms with van der Waals surface area (Å²) in [5.41, 5.74) is 7.84. The summed E-state index contributed by atoms with van der Waals surface area (Å²) in [6.07, 6.45) is 3.19. The lowest BCUT2D eigenvalue weighted by Crippen LogP contribution is -2.37. The second-order valence-electron chi connectivity index (χ2n) is 5.85. The van der Waals surface area contributed by atoms with Crippen LogP contribution in [0.2, 0.25) is 0 Å². The van der Waals surface area contributed by atoms with Gasteiger partial charge in [-0.05, 0) is 18.4 Å². The highest BCUT2D eigenvalue weighted by Gasteiger charge is 2.46. The molecule has 1 aliphatic carbocycles. The van der Waals surface area contributed by atoms with E-state index in [4.69, 9.17) is 10.5 Å². The van der Waals surface area contributed by atoms with E-state index in [1.54, 1.807) is 13.3 Å². The van der Waals surface area contributed by atoms with Crippen LogP contribution in [-0.4, -0.2) is 28.5 Å². The van der Waals surface area contributed by atoms with E-state index in [-0.39, 0.29) is 5.91 Å². The predicted octanol–water partition coefficient (Wildman–Crippen LogP) is 2.80. The lowest BCUT2D eigenvalue weighted by atomic mass is 10.1. The molecule has 6 nitrogen and oxygen atoms in total. The number of hydrogen-bond donors (Lipinski definition) is 2. The fourth-order valence-corrected chi connectivity index (χ4v) is 3.48. The first kappa shape index (κ1) is 15.0. The fourth-order valence-electron chi connectivity index (χ4n) is 2.50. The average molecular weight is 340 g/mol. The number of methoxy groups -OCH3 is 1. The first-order chi connectivity index (χ1) is 11.6. The number of pyridine rings is 1. The number of nitrogens with two attached hydrogens (primary N) is 1. The molecule has 1 aromatic carbocycles. The molecule has 0 atom stereocenters. The van der Waals surface area contributed by atoms with Gasteiger partial charge >= 0.3 is 0 Å². The highest BCUT2D eigenvalue weighted by atomic mass is 32.1. The number of aromatic nitrogens is 2. The molecular weight excluding hydrogens is 324 g/mol. The molecule has 3 aromatic rings. The van der Waals surface area contributed by atoms with E-state index in [1.165, 1.54) is 11.3 Å². The summed E-state index contributed by atoms with van der Waals surface area (Å²) < 4.78 is 6.23. The minimum absolute atomic E-state index is 0.185. The Morgan fingerprint density at radius 3 is 2.75 bits per heavy atom. The summed E-state index contributed by atoms with van der Waals surface area (Å²) in [7, 11) is 1.56. The van der Waals surface area contributed by atoms with Crippen LogP contribution in [0.5, 0.6) is 5.88 Å². The van der Waals surface area contributed by atoms with Crippen LogP contribution in [0, 0.1) is 0 Å². The Morgan fingerprint density at radius 2 is 2.08 bits per heavy atom. The zero-order valence-corrected chi connectivity index (χ0v) is 13.9. The SMILES string of the molecule is COc1ncc(-c2ccccc2)c2sc(NC(=O)C3(N)CC3)nc12. The minimum atomic E-state index is -0.734. The molecule has 122 valence electrons. The van der Waals surface area contributed by atoms with Crippen molar-refractivity contribution in [1.29, 1.82) is 0 Å². The van der Waals surface area contributed by atoms with Crippen molar-refractivity contribution in [3.8, 4) is 17.0 Å². The maximum atomic E-state index is 12.2. The Labute approximate surface area is 142 Å². The summed E-state index contributed by atoms with van der Waals surface area (Å²) in [5.74, 6) is 0.255. The Kier molecular flexibility index (Phi) is 3.47. The third kappa shape index (κ3) is 2.51. The fraction of sp³-hybridized carbons (Fsp3) is 0.235. The molecule has 0 aliphatic heterocycles. The number of rotatable bonds is 4. The monoisotopic (exact) mass is 340 g/mol. The van der Waals surface area contributed by atoms with Gasteiger partial charge in [0.1, 0.15) is 5.52 Å². The zero-order chi connectivity index (χ0) is 16.7.